The Morgan fingerprint density at radius 1 is 0.963 bits per heavy atom. The number of amides is 2. The van der Waals surface area contributed by atoms with Crippen molar-refractivity contribution in [2.45, 2.75) is 6.42 Å². The number of esters is 1. The summed E-state index contributed by atoms with van der Waals surface area (Å²) in [5, 5.41) is 0. The van der Waals surface area contributed by atoms with Crippen molar-refractivity contribution in [2.24, 2.45) is 5.73 Å². The lowest BCUT2D eigenvalue weighted by Crippen LogP contribution is -2.37. The van der Waals surface area contributed by atoms with E-state index in [-0.39, 0.29) is 19.6 Å². The van der Waals surface area contributed by atoms with Crippen molar-refractivity contribution < 1.29 is 28.2 Å². The zero-order valence-corrected chi connectivity index (χ0v) is 14.5. The van der Waals surface area contributed by atoms with Gasteiger partial charge in [0.1, 0.15) is 11.6 Å². The summed E-state index contributed by atoms with van der Waals surface area (Å²) in [7, 11) is 0. The molecular weight excluding hydrogens is 355 g/mol. The van der Waals surface area contributed by atoms with Gasteiger partial charge in [-0.2, -0.15) is 0 Å². The molecule has 0 fully saturated rings. The van der Waals surface area contributed by atoms with Gasteiger partial charge in [-0.05, 0) is 36.4 Å². The van der Waals surface area contributed by atoms with E-state index in [1.54, 1.807) is 30.3 Å². The number of primary amides is 1. The van der Waals surface area contributed by atoms with Crippen LogP contribution in [0.2, 0.25) is 0 Å². The number of benzene rings is 2. The number of nitrogens with two attached hydrogens (primary N) is 1. The van der Waals surface area contributed by atoms with Gasteiger partial charge in [-0.1, -0.05) is 18.2 Å². The highest BCUT2D eigenvalue weighted by Gasteiger charge is 2.18. The molecule has 27 heavy (non-hydrogen) atoms. The number of rotatable bonds is 9. The summed E-state index contributed by atoms with van der Waals surface area (Å²) >= 11 is 0. The number of para-hydroxylation sites is 1. The first kappa shape index (κ1) is 19.9. The number of carbonyl (C=O) groups is 3. The number of ether oxygens (including phenoxy) is 2. The topological polar surface area (TPSA) is 98.9 Å². The van der Waals surface area contributed by atoms with E-state index in [9.17, 15) is 18.8 Å². The van der Waals surface area contributed by atoms with E-state index < -0.39 is 30.2 Å². The first-order chi connectivity index (χ1) is 13.0. The smallest absolute Gasteiger partial charge is 0.344 e. The van der Waals surface area contributed by atoms with Gasteiger partial charge in [-0.25, -0.2) is 9.18 Å². The van der Waals surface area contributed by atoms with E-state index in [2.05, 4.69) is 0 Å². The Bertz CT molecular complexity index is 780. The molecule has 0 aliphatic rings. The van der Waals surface area contributed by atoms with E-state index in [1.807, 2.05) is 0 Å². The highest BCUT2D eigenvalue weighted by molar-refractivity contribution is 5.95. The first-order valence-corrected chi connectivity index (χ1v) is 8.13. The Morgan fingerprint density at radius 3 is 2.26 bits per heavy atom. The van der Waals surface area contributed by atoms with Crippen molar-refractivity contribution >= 4 is 23.5 Å². The van der Waals surface area contributed by atoms with Crippen LogP contribution in [-0.4, -0.2) is 37.5 Å². The lowest BCUT2D eigenvalue weighted by molar-refractivity contribution is -0.149. The Hall–Kier alpha value is -3.42. The van der Waals surface area contributed by atoms with Crippen LogP contribution in [0.3, 0.4) is 0 Å². The Labute approximate surface area is 155 Å². The monoisotopic (exact) mass is 374 g/mol. The minimum Gasteiger partial charge on any atom is -0.482 e. The van der Waals surface area contributed by atoms with Gasteiger partial charge in [-0.3, -0.25) is 9.59 Å². The standard InChI is InChI=1S/C19H19FN2O5/c20-14-6-8-15(9-7-14)22(11-10-17(21)23)18(24)12-27-19(25)13-26-16-4-2-1-3-5-16/h1-9H,10-13H2,(H2,21,23). The molecule has 0 spiro atoms. The molecule has 2 rings (SSSR count). The average Bonchev–Trinajstić information content (AvgIpc) is 2.66. The Morgan fingerprint density at radius 2 is 1.63 bits per heavy atom. The number of nitrogens with zero attached hydrogens (tertiary/aromatic N) is 1. The molecule has 2 N–H and O–H groups in total. The molecule has 0 radical (unpaired) electrons. The van der Waals surface area contributed by atoms with Crippen molar-refractivity contribution in [3.63, 3.8) is 0 Å². The maximum atomic E-state index is 13.1. The Balaban J connectivity index is 1.91. The molecule has 0 aliphatic heterocycles. The highest BCUT2D eigenvalue weighted by Crippen LogP contribution is 2.16. The predicted octanol–water partition coefficient (Wildman–Crippen LogP) is 1.66. The molecule has 8 heteroatoms. The molecule has 0 bridgehead atoms. The van der Waals surface area contributed by atoms with E-state index in [1.165, 1.54) is 29.2 Å². The van der Waals surface area contributed by atoms with Gasteiger partial charge in [0.05, 0.1) is 0 Å². The normalized spacial score (nSPS) is 10.1. The second-order valence-electron chi connectivity index (χ2n) is 5.50. The number of anilines is 1. The van der Waals surface area contributed by atoms with Gasteiger partial charge in [0.15, 0.2) is 13.2 Å². The van der Waals surface area contributed by atoms with Crippen molar-refractivity contribution in [3.8, 4) is 5.75 Å². The van der Waals surface area contributed by atoms with Crippen LogP contribution in [-0.2, 0) is 19.1 Å². The summed E-state index contributed by atoms with van der Waals surface area (Å²) in [6.07, 6.45) is -0.0891. The molecule has 142 valence electrons. The molecular formula is C19H19FN2O5. The molecule has 0 atom stereocenters. The molecule has 0 saturated heterocycles. The third kappa shape index (κ3) is 6.77. The van der Waals surface area contributed by atoms with E-state index in [0.717, 1.165) is 0 Å². The van der Waals surface area contributed by atoms with E-state index >= 15 is 0 Å². The molecule has 0 unspecified atom stereocenters. The zero-order chi connectivity index (χ0) is 19.6. The SMILES string of the molecule is NC(=O)CCN(C(=O)COC(=O)COc1ccccc1)c1ccc(F)cc1. The second kappa shape index (κ2) is 9.91. The maximum Gasteiger partial charge on any atom is 0.344 e. The second-order valence-corrected chi connectivity index (χ2v) is 5.50. The average molecular weight is 374 g/mol. The van der Waals surface area contributed by atoms with Crippen LogP contribution in [0.4, 0.5) is 10.1 Å². The number of halogens is 1. The maximum absolute atomic E-state index is 13.1. The van der Waals surface area contributed by atoms with Crippen LogP contribution < -0.4 is 15.4 Å². The molecule has 2 aromatic rings. The molecule has 0 saturated carbocycles. The summed E-state index contributed by atoms with van der Waals surface area (Å²) in [6.45, 7) is -0.917. The van der Waals surface area contributed by atoms with Crippen LogP contribution in [0.25, 0.3) is 0 Å². The van der Waals surface area contributed by atoms with E-state index in [4.69, 9.17) is 15.2 Å². The van der Waals surface area contributed by atoms with Crippen molar-refractivity contribution in [1.29, 1.82) is 0 Å². The van der Waals surface area contributed by atoms with Crippen LogP contribution in [0.5, 0.6) is 5.75 Å². The quantitative estimate of drug-likeness (QED) is 0.673. The van der Waals surface area contributed by atoms with Gasteiger partial charge >= 0.3 is 5.97 Å². The minimum atomic E-state index is -0.721. The zero-order valence-electron chi connectivity index (χ0n) is 14.5. The summed E-state index contributed by atoms with van der Waals surface area (Å²) < 4.78 is 23.2. The molecule has 0 aliphatic carbocycles. The lowest BCUT2D eigenvalue weighted by atomic mass is 10.2. The highest BCUT2D eigenvalue weighted by atomic mass is 19.1. The third-order valence-electron chi connectivity index (χ3n) is 3.48. The van der Waals surface area contributed by atoms with Gasteiger partial charge in [0.25, 0.3) is 5.91 Å². The first-order valence-electron chi connectivity index (χ1n) is 8.13. The molecule has 7 nitrogen and oxygen atoms in total. The fourth-order valence-corrected chi connectivity index (χ4v) is 2.16. The van der Waals surface area contributed by atoms with Crippen LogP contribution in [0.1, 0.15) is 6.42 Å². The summed E-state index contributed by atoms with van der Waals surface area (Å²) in [6, 6.07) is 13.8. The minimum absolute atomic E-state index is 0.0160. The van der Waals surface area contributed by atoms with Crippen LogP contribution in [0, 0.1) is 5.82 Å². The third-order valence-corrected chi connectivity index (χ3v) is 3.48. The van der Waals surface area contributed by atoms with Crippen molar-refractivity contribution in [1.82, 2.24) is 0 Å². The largest absolute Gasteiger partial charge is 0.482 e. The van der Waals surface area contributed by atoms with Crippen LogP contribution >= 0.6 is 0 Å². The van der Waals surface area contributed by atoms with Gasteiger partial charge < -0.3 is 20.1 Å². The van der Waals surface area contributed by atoms with Crippen molar-refractivity contribution in [2.75, 3.05) is 24.7 Å². The van der Waals surface area contributed by atoms with Gasteiger partial charge in [-0.15, -0.1) is 0 Å². The van der Waals surface area contributed by atoms with Gasteiger partial charge in [0.2, 0.25) is 5.91 Å². The summed E-state index contributed by atoms with van der Waals surface area (Å²) in [5.74, 6) is -1.86. The number of hydrogen-bond donors (Lipinski definition) is 1. The Kier molecular flexibility index (Phi) is 7.30. The van der Waals surface area contributed by atoms with Gasteiger partial charge in [0, 0.05) is 18.7 Å². The molecule has 0 heterocycles. The predicted molar refractivity (Wildman–Crippen MR) is 95.5 cm³/mol. The summed E-state index contributed by atoms with van der Waals surface area (Å²) in [4.78, 5) is 36.4. The molecule has 2 aromatic carbocycles. The molecule has 0 aromatic heterocycles. The fraction of sp³-hybridized carbons (Fsp3) is 0.211. The number of hydrogen-bond acceptors (Lipinski definition) is 5. The van der Waals surface area contributed by atoms with E-state index in [0.29, 0.717) is 11.4 Å². The molecule has 2 amide bonds. The van der Waals surface area contributed by atoms with Crippen molar-refractivity contribution in [3.05, 3.63) is 60.4 Å². The number of carbonyl (C=O) groups excluding carboxylic acids is 3. The summed E-state index contributed by atoms with van der Waals surface area (Å²) in [5.41, 5.74) is 5.48. The van der Waals surface area contributed by atoms with Crippen LogP contribution in [0.15, 0.2) is 54.6 Å². The fourth-order valence-electron chi connectivity index (χ4n) is 2.16. The lowest BCUT2D eigenvalue weighted by Gasteiger charge is -2.22.